The number of nitrogens with zero attached hydrogens (tertiary/aromatic N) is 3. The summed E-state index contributed by atoms with van der Waals surface area (Å²) in [4.78, 5) is 8.00. The van der Waals surface area contributed by atoms with Crippen molar-refractivity contribution in [1.82, 2.24) is 9.97 Å². The summed E-state index contributed by atoms with van der Waals surface area (Å²) in [6.07, 6.45) is 5.32. The summed E-state index contributed by atoms with van der Waals surface area (Å²) in [5, 5.41) is 9.48. The highest BCUT2D eigenvalue weighted by Crippen LogP contribution is 2.29. The summed E-state index contributed by atoms with van der Waals surface area (Å²) >= 11 is 5.79. The van der Waals surface area contributed by atoms with Gasteiger partial charge in [0.15, 0.2) is 0 Å². The third kappa shape index (κ3) is 3.14. The Balaban J connectivity index is 1.82. The van der Waals surface area contributed by atoms with Crippen LogP contribution in [0, 0.1) is 17.2 Å². The lowest BCUT2D eigenvalue weighted by atomic mass is 9.86. The number of nitriles is 1. The summed E-state index contributed by atoms with van der Waals surface area (Å²) in [6, 6.07) is 9.42. The fourth-order valence-corrected chi connectivity index (χ4v) is 2.41. The third-order valence-electron chi connectivity index (χ3n) is 3.72. The molecule has 1 aliphatic rings. The number of aromatic nitrogens is 2. The van der Waals surface area contributed by atoms with Crippen molar-refractivity contribution in [2.75, 3.05) is 6.61 Å². The van der Waals surface area contributed by atoms with E-state index in [0.717, 1.165) is 5.56 Å². The van der Waals surface area contributed by atoms with Crippen LogP contribution >= 0.6 is 11.6 Å². The van der Waals surface area contributed by atoms with E-state index < -0.39 is 0 Å². The summed E-state index contributed by atoms with van der Waals surface area (Å²) < 4.78 is 5.77. The van der Waals surface area contributed by atoms with Crippen LogP contribution < -0.4 is 4.74 Å². The Morgan fingerprint density at radius 1 is 1.33 bits per heavy atom. The van der Waals surface area contributed by atoms with E-state index in [1.165, 1.54) is 19.3 Å². The summed E-state index contributed by atoms with van der Waals surface area (Å²) in [6.45, 7) is 0.688. The number of rotatable bonds is 4. The zero-order valence-corrected chi connectivity index (χ0v) is 12.2. The van der Waals surface area contributed by atoms with Crippen molar-refractivity contribution in [2.45, 2.75) is 19.3 Å². The number of halogens is 1. The lowest BCUT2D eigenvalue weighted by molar-refractivity contribution is 0.180. The van der Waals surface area contributed by atoms with Crippen LogP contribution in [0.3, 0.4) is 0 Å². The fourth-order valence-electron chi connectivity index (χ4n) is 2.27. The highest BCUT2D eigenvalue weighted by Gasteiger charge is 2.18. The van der Waals surface area contributed by atoms with Gasteiger partial charge in [0.2, 0.25) is 5.28 Å². The molecular formula is C16H14ClN3O. The molecule has 1 aromatic carbocycles. The molecule has 0 aliphatic heterocycles. The van der Waals surface area contributed by atoms with Crippen molar-refractivity contribution in [2.24, 2.45) is 5.92 Å². The van der Waals surface area contributed by atoms with Crippen LogP contribution in [-0.4, -0.2) is 16.6 Å². The molecule has 2 aromatic rings. The average molecular weight is 300 g/mol. The van der Waals surface area contributed by atoms with Gasteiger partial charge in [-0.05, 0) is 54.6 Å². The first kappa shape index (κ1) is 13.8. The summed E-state index contributed by atoms with van der Waals surface area (Å²) in [7, 11) is 0. The van der Waals surface area contributed by atoms with Crippen molar-refractivity contribution in [3.8, 4) is 23.1 Å². The fraction of sp³-hybridized carbons (Fsp3) is 0.312. The SMILES string of the molecule is N#Cc1cc(-c2ccnc(Cl)n2)ccc1OCC1CCC1. The minimum absolute atomic E-state index is 0.191. The number of hydrogen-bond acceptors (Lipinski definition) is 4. The Hall–Kier alpha value is -2.12. The van der Waals surface area contributed by atoms with Crippen molar-refractivity contribution < 1.29 is 4.74 Å². The zero-order chi connectivity index (χ0) is 14.7. The molecule has 106 valence electrons. The topological polar surface area (TPSA) is 58.8 Å². The molecule has 0 unspecified atom stereocenters. The van der Waals surface area contributed by atoms with Gasteiger partial charge in [-0.3, -0.25) is 0 Å². The first-order chi connectivity index (χ1) is 10.3. The van der Waals surface area contributed by atoms with E-state index in [0.29, 0.717) is 29.5 Å². The van der Waals surface area contributed by atoms with E-state index in [9.17, 15) is 5.26 Å². The molecule has 0 radical (unpaired) electrons. The van der Waals surface area contributed by atoms with Crippen molar-refractivity contribution in [1.29, 1.82) is 5.26 Å². The van der Waals surface area contributed by atoms with E-state index >= 15 is 0 Å². The zero-order valence-electron chi connectivity index (χ0n) is 11.4. The summed E-state index contributed by atoms with van der Waals surface area (Å²) in [5.41, 5.74) is 2.03. The Morgan fingerprint density at radius 2 is 2.19 bits per heavy atom. The minimum atomic E-state index is 0.191. The number of benzene rings is 1. The first-order valence-corrected chi connectivity index (χ1v) is 7.30. The van der Waals surface area contributed by atoms with Gasteiger partial charge in [-0.1, -0.05) is 6.42 Å². The molecule has 5 heteroatoms. The van der Waals surface area contributed by atoms with Crippen LogP contribution in [0.5, 0.6) is 5.75 Å². The number of ether oxygens (including phenoxy) is 1. The highest BCUT2D eigenvalue weighted by molar-refractivity contribution is 6.28. The maximum atomic E-state index is 9.29. The summed E-state index contributed by atoms with van der Waals surface area (Å²) in [5.74, 6) is 1.27. The Bertz CT molecular complexity index is 692. The predicted molar refractivity (Wildman–Crippen MR) is 80.0 cm³/mol. The van der Waals surface area contributed by atoms with E-state index in [-0.39, 0.29) is 5.28 Å². The van der Waals surface area contributed by atoms with Gasteiger partial charge in [0.1, 0.15) is 11.8 Å². The molecule has 4 nitrogen and oxygen atoms in total. The number of hydrogen-bond donors (Lipinski definition) is 0. The van der Waals surface area contributed by atoms with Crippen molar-refractivity contribution >= 4 is 11.6 Å². The van der Waals surface area contributed by atoms with Crippen molar-refractivity contribution in [3.05, 3.63) is 41.3 Å². The standard InChI is InChI=1S/C16H14ClN3O/c17-16-19-7-6-14(20-16)12-4-5-15(13(8-12)9-18)21-10-11-2-1-3-11/h4-8,11H,1-3,10H2. The van der Waals surface area contributed by atoms with Gasteiger partial charge in [0, 0.05) is 11.8 Å². The maximum Gasteiger partial charge on any atom is 0.222 e. The smallest absolute Gasteiger partial charge is 0.222 e. The van der Waals surface area contributed by atoms with Gasteiger partial charge in [-0.15, -0.1) is 0 Å². The molecule has 1 aliphatic carbocycles. The molecule has 1 heterocycles. The monoisotopic (exact) mass is 299 g/mol. The van der Waals surface area contributed by atoms with Crippen molar-refractivity contribution in [3.63, 3.8) is 0 Å². The molecule has 21 heavy (non-hydrogen) atoms. The van der Waals surface area contributed by atoms with E-state index in [2.05, 4.69) is 16.0 Å². The molecule has 1 saturated carbocycles. The molecule has 0 atom stereocenters. The van der Waals surface area contributed by atoms with Gasteiger partial charge in [0.25, 0.3) is 0 Å². The quantitative estimate of drug-likeness (QED) is 0.805. The van der Waals surface area contributed by atoms with Crippen LogP contribution in [-0.2, 0) is 0 Å². The molecule has 3 rings (SSSR count). The Kier molecular flexibility index (Phi) is 4.03. The normalized spacial score (nSPS) is 14.3. The minimum Gasteiger partial charge on any atom is -0.492 e. The second-order valence-electron chi connectivity index (χ2n) is 5.14. The van der Waals surface area contributed by atoms with E-state index in [1.807, 2.05) is 12.1 Å². The molecule has 0 saturated heterocycles. The third-order valence-corrected chi connectivity index (χ3v) is 3.90. The van der Waals surface area contributed by atoms with Gasteiger partial charge < -0.3 is 4.74 Å². The second kappa shape index (κ2) is 6.11. The maximum absolute atomic E-state index is 9.29. The molecule has 0 spiro atoms. The Labute approximate surface area is 128 Å². The molecule has 0 bridgehead atoms. The van der Waals surface area contributed by atoms with Gasteiger partial charge in [-0.2, -0.15) is 5.26 Å². The van der Waals surface area contributed by atoms with Gasteiger partial charge >= 0.3 is 0 Å². The lowest BCUT2D eigenvalue weighted by Crippen LogP contribution is -2.19. The van der Waals surface area contributed by atoms with Gasteiger partial charge in [-0.25, -0.2) is 9.97 Å². The van der Waals surface area contributed by atoms with Crippen LogP contribution in [0.4, 0.5) is 0 Å². The molecule has 1 aromatic heterocycles. The molecule has 1 fully saturated rings. The first-order valence-electron chi connectivity index (χ1n) is 6.92. The van der Waals surface area contributed by atoms with E-state index in [1.54, 1.807) is 18.3 Å². The van der Waals surface area contributed by atoms with Crippen LogP contribution in [0.1, 0.15) is 24.8 Å². The Morgan fingerprint density at radius 3 is 2.86 bits per heavy atom. The molecular weight excluding hydrogens is 286 g/mol. The van der Waals surface area contributed by atoms with Crippen LogP contribution in [0.15, 0.2) is 30.5 Å². The van der Waals surface area contributed by atoms with Crippen LogP contribution in [0.2, 0.25) is 5.28 Å². The predicted octanol–water partition coefficient (Wildman–Crippen LogP) is 3.85. The van der Waals surface area contributed by atoms with Gasteiger partial charge in [0.05, 0.1) is 17.9 Å². The molecule has 0 N–H and O–H groups in total. The highest BCUT2D eigenvalue weighted by atomic mass is 35.5. The second-order valence-corrected chi connectivity index (χ2v) is 5.48. The lowest BCUT2D eigenvalue weighted by Gasteiger charge is -2.25. The largest absolute Gasteiger partial charge is 0.492 e. The molecule has 0 amide bonds. The van der Waals surface area contributed by atoms with E-state index in [4.69, 9.17) is 16.3 Å². The van der Waals surface area contributed by atoms with Crippen LogP contribution in [0.25, 0.3) is 11.3 Å². The average Bonchev–Trinajstić information content (AvgIpc) is 2.46.